The van der Waals surface area contributed by atoms with E-state index in [0.29, 0.717) is 0 Å². The van der Waals surface area contributed by atoms with Crippen molar-refractivity contribution < 1.29 is 9.30 Å². The SMILES string of the molecule is COc1ccc(N=C(N2CCCCC2)P(=O)(N2CCCCC2)N(C(C)C)C(C)C)cc1. The maximum absolute atomic E-state index is 15.3. The Morgan fingerprint density at radius 1 is 0.903 bits per heavy atom. The van der Waals surface area contributed by atoms with Crippen molar-refractivity contribution in [1.82, 2.24) is 14.2 Å². The number of methoxy groups -OCH3 is 1. The molecule has 2 heterocycles. The Morgan fingerprint density at radius 3 is 1.90 bits per heavy atom. The summed E-state index contributed by atoms with van der Waals surface area (Å²) in [5.41, 5.74) is 1.62. The first kappa shape index (κ1) is 24.3. The normalized spacial score (nSPS) is 21.0. The Labute approximate surface area is 189 Å². The van der Waals surface area contributed by atoms with Gasteiger partial charge in [-0.15, -0.1) is 0 Å². The topological polar surface area (TPSA) is 48.4 Å². The van der Waals surface area contributed by atoms with Crippen LogP contribution in [0.1, 0.15) is 66.2 Å². The molecule has 7 heteroatoms. The van der Waals surface area contributed by atoms with Crippen LogP contribution in [0.3, 0.4) is 0 Å². The summed E-state index contributed by atoms with van der Waals surface area (Å²) in [4.78, 5) is 7.45. The number of piperidine rings is 2. The highest BCUT2D eigenvalue weighted by atomic mass is 31.2. The molecule has 2 saturated heterocycles. The summed E-state index contributed by atoms with van der Waals surface area (Å²) in [5, 5.41) is 0. The number of ether oxygens (including phenoxy) is 1. The van der Waals surface area contributed by atoms with Crippen LogP contribution in [-0.2, 0) is 4.57 Å². The van der Waals surface area contributed by atoms with Gasteiger partial charge >= 0.3 is 0 Å². The van der Waals surface area contributed by atoms with Gasteiger partial charge in [0.05, 0.1) is 12.8 Å². The quantitative estimate of drug-likeness (QED) is 0.292. The lowest BCUT2D eigenvalue weighted by Gasteiger charge is -2.47. The van der Waals surface area contributed by atoms with E-state index in [4.69, 9.17) is 9.73 Å². The molecule has 1 aromatic carbocycles. The van der Waals surface area contributed by atoms with Crippen molar-refractivity contribution in [2.24, 2.45) is 4.99 Å². The first-order valence-electron chi connectivity index (χ1n) is 12.0. The minimum absolute atomic E-state index is 0.165. The largest absolute Gasteiger partial charge is 0.497 e. The van der Waals surface area contributed by atoms with Gasteiger partial charge in [-0.25, -0.2) is 14.3 Å². The zero-order chi connectivity index (χ0) is 22.4. The standard InChI is InChI=1S/C24H41N4O2P/c1-20(2)28(21(3)4)31(29,27-18-10-7-11-19-27)24(26-16-8-6-9-17-26)25-22-12-14-23(30-5)15-13-22/h12-15,20-21H,6-11,16-19H2,1-5H3. The molecular weight excluding hydrogens is 407 g/mol. The summed E-state index contributed by atoms with van der Waals surface area (Å²) in [6.45, 7) is 12.3. The van der Waals surface area contributed by atoms with Crippen LogP contribution >= 0.6 is 7.44 Å². The Kier molecular flexibility index (Phi) is 8.60. The molecule has 0 bridgehead atoms. The maximum Gasteiger partial charge on any atom is 0.280 e. The molecule has 0 aliphatic carbocycles. The number of likely N-dealkylation sites (tertiary alicyclic amines) is 1. The number of aliphatic imine (C=N–C) groups is 1. The zero-order valence-electron chi connectivity index (χ0n) is 20.1. The van der Waals surface area contributed by atoms with Gasteiger partial charge in [0.2, 0.25) is 0 Å². The summed E-state index contributed by atoms with van der Waals surface area (Å²) >= 11 is 0. The number of rotatable bonds is 7. The highest BCUT2D eigenvalue weighted by molar-refractivity contribution is 7.76. The number of hydrogen-bond acceptors (Lipinski definition) is 3. The van der Waals surface area contributed by atoms with Crippen molar-refractivity contribution in [3.63, 3.8) is 0 Å². The van der Waals surface area contributed by atoms with Crippen molar-refractivity contribution in [3.05, 3.63) is 24.3 Å². The molecule has 1 unspecified atom stereocenters. The van der Waals surface area contributed by atoms with Gasteiger partial charge in [-0.05, 0) is 84.1 Å². The second-order valence-electron chi connectivity index (χ2n) is 9.28. The summed E-state index contributed by atoms with van der Waals surface area (Å²) in [5.74, 6) is 0.809. The van der Waals surface area contributed by atoms with E-state index in [1.165, 1.54) is 12.8 Å². The number of nitrogens with zero attached hydrogens (tertiary/aromatic N) is 4. The van der Waals surface area contributed by atoms with E-state index in [0.717, 1.165) is 68.9 Å². The number of hydrogen-bond donors (Lipinski definition) is 0. The van der Waals surface area contributed by atoms with E-state index in [1.54, 1.807) is 7.11 Å². The predicted molar refractivity (Wildman–Crippen MR) is 131 cm³/mol. The first-order valence-corrected chi connectivity index (χ1v) is 13.6. The highest BCUT2D eigenvalue weighted by Crippen LogP contribution is 2.59. The van der Waals surface area contributed by atoms with Crippen LogP contribution < -0.4 is 4.74 Å². The molecule has 0 aromatic heterocycles. The van der Waals surface area contributed by atoms with Crippen LogP contribution in [0.5, 0.6) is 5.75 Å². The fourth-order valence-corrected chi connectivity index (χ4v) is 8.58. The lowest BCUT2D eigenvalue weighted by Crippen LogP contribution is -2.49. The molecule has 0 radical (unpaired) electrons. The van der Waals surface area contributed by atoms with Crippen LogP contribution in [0.15, 0.2) is 29.3 Å². The van der Waals surface area contributed by atoms with Crippen LogP contribution in [0.25, 0.3) is 0 Å². The molecule has 1 atom stereocenters. The molecular formula is C24H41N4O2P. The minimum atomic E-state index is -3.07. The van der Waals surface area contributed by atoms with Gasteiger partial charge in [-0.2, -0.15) is 0 Å². The van der Waals surface area contributed by atoms with Gasteiger partial charge in [-0.3, -0.25) is 4.57 Å². The van der Waals surface area contributed by atoms with Crippen LogP contribution in [0.2, 0.25) is 0 Å². The molecule has 0 amide bonds. The average Bonchev–Trinajstić information content (AvgIpc) is 2.78. The van der Waals surface area contributed by atoms with Crippen molar-refractivity contribution in [1.29, 1.82) is 0 Å². The molecule has 31 heavy (non-hydrogen) atoms. The Balaban J connectivity index is 2.15. The number of amidine groups is 1. The third-order valence-corrected chi connectivity index (χ3v) is 9.91. The number of benzene rings is 1. The molecule has 3 rings (SSSR count). The van der Waals surface area contributed by atoms with E-state index in [1.807, 2.05) is 24.3 Å². The highest BCUT2D eigenvalue weighted by Gasteiger charge is 2.47. The Morgan fingerprint density at radius 2 is 1.42 bits per heavy atom. The van der Waals surface area contributed by atoms with E-state index in [2.05, 4.69) is 41.9 Å². The van der Waals surface area contributed by atoms with Crippen molar-refractivity contribution in [2.45, 2.75) is 78.3 Å². The zero-order valence-corrected chi connectivity index (χ0v) is 21.0. The first-order chi connectivity index (χ1) is 14.9. The molecule has 174 valence electrons. The van der Waals surface area contributed by atoms with Gasteiger partial charge in [0.15, 0.2) is 5.58 Å². The molecule has 0 N–H and O–H groups in total. The second kappa shape index (κ2) is 11.0. The fraction of sp³-hybridized carbons (Fsp3) is 0.708. The molecule has 6 nitrogen and oxygen atoms in total. The van der Waals surface area contributed by atoms with E-state index < -0.39 is 7.44 Å². The van der Waals surface area contributed by atoms with Crippen molar-refractivity contribution >= 4 is 18.7 Å². The molecule has 2 aliphatic heterocycles. The van der Waals surface area contributed by atoms with Crippen LogP contribution in [-0.4, -0.2) is 65.2 Å². The molecule has 0 spiro atoms. The van der Waals surface area contributed by atoms with Crippen molar-refractivity contribution in [3.8, 4) is 5.75 Å². The van der Waals surface area contributed by atoms with Crippen molar-refractivity contribution in [2.75, 3.05) is 33.3 Å². The third-order valence-electron chi connectivity index (χ3n) is 6.29. The summed E-state index contributed by atoms with van der Waals surface area (Å²) in [7, 11) is -1.40. The van der Waals surface area contributed by atoms with Gasteiger partial charge in [0.25, 0.3) is 7.44 Å². The summed E-state index contributed by atoms with van der Waals surface area (Å²) in [6, 6.07) is 8.14. The molecule has 0 saturated carbocycles. The second-order valence-corrected chi connectivity index (χ2v) is 11.8. The Bertz CT molecular complexity index is 758. The monoisotopic (exact) mass is 448 g/mol. The smallest absolute Gasteiger partial charge is 0.280 e. The summed E-state index contributed by atoms with van der Waals surface area (Å²) in [6.07, 6.45) is 6.91. The fourth-order valence-electron chi connectivity index (χ4n) is 4.93. The van der Waals surface area contributed by atoms with Gasteiger partial charge in [0, 0.05) is 38.3 Å². The molecule has 2 aliphatic rings. The minimum Gasteiger partial charge on any atom is -0.497 e. The third kappa shape index (κ3) is 5.53. The van der Waals surface area contributed by atoms with Gasteiger partial charge < -0.3 is 9.64 Å². The van der Waals surface area contributed by atoms with E-state index in [-0.39, 0.29) is 12.1 Å². The van der Waals surface area contributed by atoms with Crippen LogP contribution in [0, 0.1) is 0 Å². The average molecular weight is 449 g/mol. The summed E-state index contributed by atoms with van der Waals surface area (Å²) < 4.78 is 25.2. The maximum atomic E-state index is 15.3. The Hall–Kier alpha value is -1.36. The molecule has 2 fully saturated rings. The van der Waals surface area contributed by atoms with E-state index in [9.17, 15) is 0 Å². The lowest BCUT2D eigenvalue weighted by atomic mass is 10.1. The van der Waals surface area contributed by atoms with E-state index >= 15 is 4.57 Å². The van der Waals surface area contributed by atoms with Gasteiger partial charge in [0.1, 0.15) is 5.75 Å². The van der Waals surface area contributed by atoms with Crippen LogP contribution in [0.4, 0.5) is 5.69 Å². The molecule has 1 aromatic rings. The van der Waals surface area contributed by atoms with Gasteiger partial charge in [-0.1, -0.05) is 6.42 Å². The lowest BCUT2D eigenvalue weighted by molar-refractivity contribution is 0.249. The predicted octanol–water partition coefficient (Wildman–Crippen LogP) is 5.97.